The molecule has 0 saturated carbocycles. The SMILES string of the molecule is N#Cc1c(-n2c3c(c4ncccc42)N=CCC3)c(C#N)c(-n2c3cccnc3c3ncccc32)c(C#N)c1-n1c2cccnc2c2ncccc21. The van der Waals surface area contributed by atoms with Crippen molar-refractivity contribution >= 4 is 67.1 Å². The van der Waals surface area contributed by atoms with E-state index in [2.05, 4.69) is 38.1 Å². The summed E-state index contributed by atoms with van der Waals surface area (Å²) >= 11 is 0. The van der Waals surface area contributed by atoms with Crippen molar-refractivity contribution in [2.75, 3.05) is 0 Å². The van der Waals surface area contributed by atoms with Crippen LogP contribution in [-0.2, 0) is 6.42 Å². The molecule has 0 saturated heterocycles. The number of hydrogen-bond acceptors (Lipinski definition) is 9. The second-order valence-electron chi connectivity index (χ2n) is 12.0. The Balaban J connectivity index is 1.51. The Morgan fingerprint density at radius 3 is 1.22 bits per heavy atom. The topological polar surface area (TPSA) is 163 Å². The molecule has 0 radical (unpaired) electrons. The average Bonchev–Trinajstić information content (AvgIpc) is 3.82. The van der Waals surface area contributed by atoms with Crippen molar-refractivity contribution in [1.82, 2.24) is 38.6 Å². The maximum Gasteiger partial charge on any atom is 0.115 e. The van der Waals surface area contributed by atoms with Crippen molar-refractivity contribution in [3.8, 4) is 35.3 Å². The zero-order valence-corrected chi connectivity index (χ0v) is 26.5. The summed E-state index contributed by atoms with van der Waals surface area (Å²) in [5.74, 6) is 0. The summed E-state index contributed by atoms with van der Waals surface area (Å²) in [6.07, 6.45) is 11.6. The number of rotatable bonds is 3. The molecule has 12 heteroatoms. The fourth-order valence-electron chi connectivity index (χ4n) is 7.61. The number of nitrogens with zero attached hydrogens (tertiary/aromatic N) is 12. The van der Waals surface area contributed by atoms with Crippen LogP contribution in [0.25, 0.3) is 72.2 Å². The molecule has 9 heterocycles. The van der Waals surface area contributed by atoms with E-state index >= 15 is 0 Å². The van der Waals surface area contributed by atoms with Crippen LogP contribution in [0.15, 0.2) is 96.6 Å². The van der Waals surface area contributed by atoms with Crippen molar-refractivity contribution in [2.45, 2.75) is 12.8 Å². The van der Waals surface area contributed by atoms with Crippen molar-refractivity contribution in [3.05, 3.63) is 114 Å². The number of aromatic nitrogens is 8. The number of benzene rings is 1. The van der Waals surface area contributed by atoms with Gasteiger partial charge in [0, 0.05) is 37.2 Å². The van der Waals surface area contributed by atoms with Gasteiger partial charge in [-0.05, 0) is 73.5 Å². The first-order valence-electron chi connectivity index (χ1n) is 16.1. The lowest BCUT2D eigenvalue weighted by Gasteiger charge is -2.23. The number of hydrogen-bond donors (Lipinski definition) is 0. The van der Waals surface area contributed by atoms with Crippen LogP contribution in [0.2, 0.25) is 0 Å². The van der Waals surface area contributed by atoms with Gasteiger partial charge in [-0.1, -0.05) is 0 Å². The lowest BCUT2D eigenvalue weighted by Crippen LogP contribution is -2.15. The number of fused-ring (bicyclic) bond motifs is 9. The summed E-state index contributed by atoms with van der Waals surface area (Å²) in [6, 6.07) is 25.9. The molecule has 0 aliphatic carbocycles. The van der Waals surface area contributed by atoms with E-state index in [0.29, 0.717) is 90.8 Å². The molecule has 1 aliphatic rings. The molecule has 1 aliphatic heterocycles. The van der Waals surface area contributed by atoms with Gasteiger partial charge < -0.3 is 13.7 Å². The van der Waals surface area contributed by atoms with Gasteiger partial charge in [0.05, 0.1) is 50.3 Å². The minimum Gasteiger partial charge on any atom is -0.307 e. The molecular weight excluding hydrogens is 637 g/mol. The minimum atomic E-state index is 0.117. The third-order valence-corrected chi connectivity index (χ3v) is 9.51. The van der Waals surface area contributed by atoms with Crippen LogP contribution < -0.4 is 0 Å². The predicted molar refractivity (Wildman–Crippen MR) is 192 cm³/mol. The summed E-state index contributed by atoms with van der Waals surface area (Å²) in [4.78, 5) is 28.1. The molecule has 10 rings (SSSR count). The standard InChI is InChI=1S/C39H20N12/c40-19-22-37(49-25-7-1-13-43-31(25)32-26(49)8-2-14-44-32)23(20-41)39(51-29-11-5-17-47-35(29)36-30(51)12-6-18-48-36)24(21-42)38(22)50-27-9-3-15-45-33(27)34-28(50)10-4-16-46-34/h1-5,7-11,13-18H,6,12H2. The largest absolute Gasteiger partial charge is 0.307 e. The first-order valence-corrected chi connectivity index (χ1v) is 16.1. The molecule has 1 aromatic carbocycles. The van der Waals surface area contributed by atoms with Gasteiger partial charge in [0.2, 0.25) is 0 Å². The monoisotopic (exact) mass is 656 g/mol. The predicted octanol–water partition coefficient (Wildman–Crippen LogP) is 7.06. The normalized spacial score (nSPS) is 12.4. The van der Waals surface area contributed by atoms with E-state index in [4.69, 9.17) is 9.98 Å². The Kier molecular flexibility index (Phi) is 5.89. The quantitative estimate of drug-likeness (QED) is 0.195. The Morgan fingerprint density at radius 1 is 0.471 bits per heavy atom. The van der Waals surface area contributed by atoms with Gasteiger partial charge in [-0.2, -0.15) is 15.8 Å². The minimum absolute atomic E-state index is 0.117. The number of aliphatic imine (C=N–C) groups is 1. The molecule has 0 bridgehead atoms. The molecule has 12 nitrogen and oxygen atoms in total. The maximum absolute atomic E-state index is 11.3. The Bertz CT molecular complexity index is 2880. The smallest absolute Gasteiger partial charge is 0.115 e. The molecule has 236 valence electrons. The highest BCUT2D eigenvalue weighted by Gasteiger charge is 2.34. The second kappa shape index (κ2) is 10.6. The van der Waals surface area contributed by atoms with Crippen molar-refractivity contribution in [1.29, 1.82) is 15.8 Å². The van der Waals surface area contributed by atoms with Crippen LogP contribution in [-0.4, -0.2) is 44.8 Å². The third-order valence-electron chi connectivity index (χ3n) is 9.51. The molecular formula is C39H20N12. The van der Waals surface area contributed by atoms with E-state index in [1.807, 2.05) is 80.6 Å². The van der Waals surface area contributed by atoms with Gasteiger partial charge in [-0.15, -0.1) is 0 Å². The van der Waals surface area contributed by atoms with E-state index < -0.39 is 0 Å². The zero-order chi connectivity index (χ0) is 34.2. The molecule has 0 spiro atoms. The summed E-state index contributed by atoms with van der Waals surface area (Å²) < 4.78 is 5.68. The molecule has 51 heavy (non-hydrogen) atoms. The summed E-state index contributed by atoms with van der Waals surface area (Å²) in [6.45, 7) is 0. The zero-order valence-electron chi connectivity index (χ0n) is 26.5. The molecule has 0 amide bonds. The lowest BCUT2D eigenvalue weighted by molar-refractivity contribution is 0.904. The molecule has 8 aromatic heterocycles. The van der Waals surface area contributed by atoms with E-state index in [1.54, 1.807) is 31.0 Å². The fourth-order valence-corrected chi connectivity index (χ4v) is 7.61. The van der Waals surface area contributed by atoms with Gasteiger partial charge in [-0.3, -0.25) is 29.9 Å². The van der Waals surface area contributed by atoms with E-state index in [0.717, 1.165) is 5.69 Å². The van der Waals surface area contributed by atoms with Crippen LogP contribution in [0.1, 0.15) is 28.8 Å². The lowest BCUT2D eigenvalue weighted by atomic mass is 9.96. The van der Waals surface area contributed by atoms with Gasteiger partial charge >= 0.3 is 0 Å². The van der Waals surface area contributed by atoms with Crippen molar-refractivity contribution in [3.63, 3.8) is 0 Å². The molecule has 0 unspecified atom stereocenters. The molecule has 9 aromatic rings. The average molecular weight is 657 g/mol. The first-order chi connectivity index (χ1) is 25.2. The van der Waals surface area contributed by atoms with E-state index in [-0.39, 0.29) is 16.7 Å². The van der Waals surface area contributed by atoms with Gasteiger partial charge in [0.25, 0.3) is 0 Å². The van der Waals surface area contributed by atoms with E-state index in [9.17, 15) is 15.8 Å². The summed E-state index contributed by atoms with van der Waals surface area (Å²) in [5, 5.41) is 34.0. The van der Waals surface area contributed by atoms with Crippen LogP contribution in [0.4, 0.5) is 5.69 Å². The Morgan fingerprint density at radius 2 is 0.824 bits per heavy atom. The molecule has 0 fully saturated rings. The van der Waals surface area contributed by atoms with E-state index in [1.165, 1.54) is 0 Å². The highest BCUT2D eigenvalue weighted by molar-refractivity contribution is 6.08. The summed E-state index contributed by atoms with van der Waals surface area (Å²) in [5.41, 5.74) is 9.19. The van der Waals surface area contributed by atoms with Gasteiger partial charge in [-0.25, -0.2) is 0 Å². The van der Waals surface area contributed by atoms with Gasteiger partial charge in [0.15, 0.2) is 0 Å². The van der Waals surface area contributed by atoms with Crippen LogP contribution in [0.5, 0.6) is 0 Å². The van der Waals surface area contributed by atoms with Crippen LogP contribution >= 0.6 is 0 Å². The van der Waals surface area contributed by atoms with Crippen LogP contribution in [0.3, 0.4) is 0 Å². The summed E-state index contributed by atoms with van der Waals surface area (Å²) in [7, 11) is 0. The fraction of sp³-hybridized carbons (Fsp3) is 0.0513. The second-order valence-corrected chi connectivity index (χ2v) is 12.0. The van der Waals surface area contributed by atoms with Crippen molar-refractivity contribution in [2.24, 2.45) is 4.99 Å². The molecule has 0 atom stereocenters. The Hall–Kier alpha value is -7.75. The highest BCUT2D eigenvalue weighted by atomic mass is 15.1. The number of pyridine rings is 5. The van der Waals surface area contributed by atoms with Crippen molar-refractivity contribution < 1.29 is 0 Å². The van der Waals surface area contributed by atoms with Gasteiger partial charge in [0.1, 0.15) is 68.2 Å². The highest BCUT2D eigenvalue weighted by Crippen LogP contribution is 2.45. The first kappa shape index (κ1) is 28.3. The molecule has 0 N–H and O–H groups in total. The third kappa shape index (κ3) is 3.69. The Labute approximate surface area is 288 Å². The number of nitriles is 3. The van der Waals surface area contributed by atoms with Crippen LogP contribution in [0, 0.1) is 34.0 Å². The maximum atomic E-state index is 11.3.